The van der Waals surface area contributed by atoms with Crippen molar-refractivity contribution in [2.75, 3.05) is 10.6 Å². The molecule has 0 fully saturated rings. The molecule has 0 saturated carbocycles. The van der Waals surface area contributed by atoms with E-state index in [9.17, 15) is 9.59 Å². The molecule has 0 aliphatic heterocycles. The minimum atomic E-state index is -0.627. The van der Waals surface area contributed by atoms with Crippen molar-refractivity contribution in [1.29, 1.82) is 0 Å². The first kappa shape index (κ1) is 16.2. The maximum Gasteiger partial charge on any atom is 0.417 e. The van der Waals surface area contributed by atoms with Crippen LogP contribution in [0.1, 0.15) is 10.4 Å². The summed E-state index contributed by atoms with van der Waals surface area (Å²) in [5, 5.41) is 5.35. The van der Waals surface area contributed by atoms with Crippen molar-refractivity contribution < 1.29 is 14.3 Å². The Morgan fingerprint density at radius 2 is 1.56 bits per heavy atom. The van der Waals surface area contributed by atoms with Gasteiger partial charge in [-0.15, -0.1) is 0 Å². The zero-order valence-corrected chi connectivity index (χ0v) is 13.2. The van der Waals surface area contributed by atoms with Gasteiger partial charge in [-0.25, -0.2) is 4.79 Å². The number of aromatic nitrogens is 1. The van der Waals surface area contributed by atoms with Gasteiger partial charge >= 0.3 is 6.09 Å². The zero-order chi connectivity index (χ0) is 17.5. The standard InChI is InChI=1S/C19H15N3O3/c23-18(21-15-9-11-20-12-10-15)14-5-4-6-16(13-14)22-19(24)25-17-7-2-1-3-8-17/h1-13H,(H,22,24)(H,20,21,23). The van der Waals surface area contributed by atoms with E-state index in [1.807, 2.05) is 6.07 Å². The Kier molecular flexibility index (Phi) is 5.01. The summed E-state index contributed by atoms with van der Waals surface area (Å²) in [6.07, 6.45) is 2.55. The number of nitrogens with zero attached hydrogens (tertiary/aromatic N) is 1. The first-order chi connectivity index (χ1) is 12.2. The van der Waals surface area contributed by atoms with E-state index in [1.165, 1.54) is 0 Å². The van der Waals surface area contributed by atoms with Crippen LogP contribution in [0.15, 0.2) is 79.1 Å². The second-order valence-corrected chi connectivity index (χ2v) is 5.10. The lowest BCUT2D eigenvalue weighted by Gasteiger charge is -2.09. The summed E-state index contributed by atoms with van der Waals surface area (Å²) in [6, 6.07) is 18.7. The second-order valence-electron chi connectivity index (χ2n) is 5.10. The van der Waals surface area contributed by atoms with Crippen molar-refractivity contribution in [3.63, 3.8) is 0 Å². The van der Waals surface area contributed by atoms with Crippen LogP contribution in [-0.4, -0.2) is 17.0 Å². The molecule has 0 spiro atoms. The van der Waals surface area contributed by atoms with E-state index in [2.05, 4.69) is 15.6 Å². The number of hydrogen-bond acceptors (Lipinski definition) is 4. The molecule has 3 rings (SSSR count). The Balaban J connectivity index is 1.65. The van der Waals surface area contributed by atoms with Gasteiger partial charge in [0.05, 0.1) is 0 Å². The second kappa shape index (κ2) is 7.74. The summed E-state index contributed by atoms with van der Waals surface area (Å²) in [5.41, 5.74) is 1.51. The highest BCUT2D eigenvalue weighted by molar-refractivity contribution is 6.05. The summed E-state index contributed by atoms with van der Waals surface area (Å²) in [5.74, 6) is 0.151. The minimum Gasteiger partial charge on any atom is -0.410 e. The van der Waals surface area contributed by atoms with Crippen LogP contribution in [0, 0.1) is 0 Å². The molecule has 0 aliphatic carbocycles. The lowest BCUT2D eigenvalue weighted by molar-refractivity contribution is 0.102. The number of carbonyl (C=O) groups is 2. The van der Waals surface area contributed by atoms with Crippen LogP contribution in [0.2, 0.25) is 0 Å². The SMILES string of the molecule is O=C(Nc1cccc(C(=O)Nc2ccncc2)c1)Oc1ccccc1. The lowest BCUT2D eigenvalue weighted by Crippen LogP contribution is -2.17. The Hall–Kier alpha value is -3.67. The first-order valence-corrected chi connectivity index (χ1v) is 7.56. The summed E-state index contributed by atoms with van der Waals surface area (Å²) >= 11 is 0. The minimum absolute atomic E-state index is 0.286. The van der Waals surface area contributed by atoms with Crippen molar-refractivity contribution >= 4 is 23.4 Å². The highest BCUT2D eigenvalue weighted by atomic mass is 16.6. The monoisotopic (exact) mass is 333 g/mol. The largest absolute Gasteiger partial charge is 0.417 e. The molecule has 1 aromatic heterocycles. The average Bonchev–Trinajstić information content (AvgIpc) is 2.63. The number of pyridine rings is 1. The van der Waals surface area contributed by atoms with Crippen molar-refractivity contribution in [3.8, 4) is 5.75 Å². The van der Waals surface area contributed by atoms with Crippen molar-refractivity contribution in [3.05, 3.63) is 84.7 Å². The van der Waals surface area contributed by atoms with Crippen LogP contribution in [0.25, 0.3) is 0 Å². The number of benzene rings is 2. The highest BCUT2D eigenvalue weighted by Crippen LogP contribution is 2.15. The van der Waals surface area contributed by atoms with Crippen LogP contribution in [0.5, 0.6) is 5.75 Å². The van der Waals surface area contributed by atoms with Crippen molar-refractivity contribution in [1.82, 2.24) is 4.98 Å². The highest BCUT2D eigenvalue weighted by Gasteiger charge is 2.09. The van der Waals surface area contributed by atoms with E-state index in [4.69, 9.17) is 4.74 Å². The van der Waals surface area contributed by atoms with Crippen LogP contribution in [0.3, 0.4) is 0 Å². The number of carbonyl (C=O) groups excluding carboxylic acids is 2. The van der Waals surface area contributed by atoms with Gasteiger partial charge in [-0.05, 0) is 42.5 Å². The van der Waals surface area contributed by atoms with Gasteiger partial charge in [-0.1, -0.05) is 24.3 Å². The van der Waals surface area contributed by atoms with E-state index in [-0.39, 0.29) is 5.91 Å². The number of para-hydroxylation sites is 1. The first-order valence-electron chi connectivity index (χ1n) is 7.56. The molecule has 2 aromatic carbocycles. The van der Waals surface area contributed by atoms with Gasteiger partial charge in [0, 0.05) is 29.3 Å². The predicted molar refractivity (Wildman–Crippen MR) is 94.7 cm³/mol. The Morgan fingerprint density at radius 3 is 2.32 bits per heavy atom. The van der Waals surface area contributed by atoms with Gasteiger partial charge in [-0.3, -0.25) is 15.1 Å². The maximum absolute atomic E-state index is 12.3. The van der Waals surface area contributed by atoms with Gasteiger partial charge in [0.15, 0.2) is 0 Å². The topological polar surface area (TPSA) is 80.3 Å². The van der Waals surface area contributed by atoms with E-state index < -0.39 is 6.09 Å². The molecule has 2 N–H and O–H groups in total. The van der Waals surface area contributed by atoms with Gasteiger partial charge < -0.3 is 10.1 Å². The third-order valence-corrected chi connectivity index (χ3v) is 3.26. The smallest absolute Gasteiger partial charge is 0.410 e. The van der Waals surface area contributed by atoms with E-state index >= 15 is 0 Å². The quantitative estimate of drug-likeness (QED) is 0.758. The summed E-state index contributed by atoms with van der Waals surface area (Å²) in [4.78, 5) is 28.1. The maximum atomic E-state index is 12.3. The number of rotatable bonds is 4. The van der Waals surface area contributed by atoms with Gasteiger partial charge in [0.2, 0.25) is 0 Å². The Labute approximate surface area is 144 Å². The van der Waals surface area contributed by atoms with Crippen LogP contribution in [0.4, 0.5) is 16.2 Å². The van der Waals surface area contributed by atoms with E-state index in [1.54, 1.807) is 73.1 Å². The van der Waals surface area contributed by atoms with Gasteiger partial charge in [0.1, 0.15) is 5.75 Å². The fraction of sp³-hybridized carbons (Fsp3) is 0. The number of nitrogens with one attached hydrogen (secondary N) is 2. The summed E-state index contributed by atoms with van der Waals surface area (Å²) in [7, 11) is 0. The molecule has 0 atom stereocenters. The van der Waals surface area contributed by atoms with E-state index in [0.717, 1.165) is 0 Å². The molecular formula is C19H15N3O3. The molecule has 124 valence electrons. The molecule has 0 radical (unpaired) electrons. The number of hydrogen-bond donors (Lipinski definition) is 2. The van der Waals surface area contributed by atoms with Crippen LogP contribution >= 0.6 is 0 Å². The molecule has 6 heteroatoms. The van der Waals surface area contributed by atoms with Gasteiger partial charge in [-0.2, -0.15) is 0 Å². The number of ether oxygens (including phenoxy) is 1. The summed E-state index contributed by atoms with van der Waals surface area (Å²) < 4.78 is 5.16. The molecule has 2 amide bonds. The number of amides is 2. The molecule has 0 bridgehead atoms. The normalized spacial score (nSPS) is 9.92. The molecule has 0 saturated heterocycles. The molecule has 0 unspecified atom stereocenters. The molecule has 6 nitrogen and oxygen atoms in total. The third kappa shape index (κ3) is 4.65. The molecule has 0 aliphatic rings. The average molecular weight is 333 g/mol. The fourth-order valence-corrected chi connectivity index (χ4v) is 2.12. The summed E-state index contributed by atoms with van der Waals surface area (Å²) in [6.45, 7) is 0. The van der Waals surface area contributed by atoms with Crippen molar-refractivity contribution in [2.24, 2.45) is 0 Å². The Bertz CT molecular complexity index is 867. The fourth-order valence-electron chi connectivity index (χ4n) is 2.12. The number of anilines is 2. The molecular weight excluding hydrogens is 318 g/mol. The third-order valence-electron chi connectivity index (χ3n) is 3.26. The predicted octanol–water partition coefficient (Wildman–Crippen LogP) is 3.94. The Morgan fingerprint density at radius 1 is 0.800 bits per heavy atom. The molecule has 3 aromatic rings. The molecule has 25 heavy (non-hydrogen) atoms. The van der Waals surface area contributed by atoms with E-state index in [0.29, 0.717) is 22.7 Å². The van der Waals surface area contributed by atoms with Gasteiger partial charge in [0.25, 0.3) is 5.91 Å². The van der Waals surface area contributed by atoms with Crippen molar-refractivity contribution in [2.45, 2.75) is 0 Å². The van der Waals surface area contributed by atoms with Crippen LogP contribution < -0.4 is 15.4 Å². The lowest BCUT2D eigenvalue weighted by atomic mass is 10.2. The van der Waals surface area contributed by atoms with Crippen LogP contribution in [-0.2, 0) is 0 Å². The molecule has 1 heterocycles. The zero-order valence-electron chi connectivity index (χ0n) is 13.2.